The van der Waals surface area contributed by atoms with Crippen LogP contribution < -0.4 is 10.6 Å². The molecule has 2 aromatic rings. The Morgan fingerprint density at radius 1 is 0.914 bits per heavy atom. The normalized spacial score (nSPS) is 25.0. The van der Waals surface area contributed by atoms with Crippen molar-refractivity contribution in [2.45, 2.75) is 37.0 Å². The summed E-state index contributed by atoms with van der Waals surface area (Å²) in [5.41, 5.74) is 4.55. The number of fused-ring (bicyclic) bond motifs is 3. The highest BCUT2D eigenvalue weighted by molar-refractivity contribution is 5.83. The van der Waals surface area contributed by atoms with E-state index in [-0.39, 0.29) is 30.9 Å². The van der Waals surface area contributed by atoms with E-state index in [9.17, 15) is 19.5 Å². The van der Waals surface area contributed by atoms with Gasteiger partial charge in [0, 0.05) is 31.6 Å². The third-order valence-electron chi connectivity index (χ3n) is 6.99. The fourth-order valence-electron chi connectivity index (χ4n) is 5.24. The molecule has 2 amide bonds. The van der Waals surface area contributed by atoms with Gasteiger partial charge in [-0.1, -0.05) is 48.5 Å². The van der Waals surface area contributed by atoms with Crippen molar-refractivity contribution < 1.29 is 33.7 Å². The number of nitrogens with one attached hydrogen (secondary N) is 2. The minimum absolute atomic E-state index is 0.0529. The monoisotopic (exact) mass is 480 g/mol. The number of hydrogen-bond donors (Lipinski definition) is 3. The van der Waals surface area contributed by atoms with Gasteiger partial charge in [0.25, 0.3) is 5.91 Å². The van der Waals surface area contributed by atoms with Gasteiger partial charge in [-0.15, -0.1) is 0 Å². The molecule has 9 heteroatoms. The van der Waals surface area contributed by atoms with Crippen molar-refractivity contribution in [3.8, 4) is 11.1 Å². The van der Waals surface area contributed by atoms with Crippen LogP contribution in [0.4, 0.5) is 4.79 Å². The quantitative estimate of drug-likeness (QED) is 0.556. The molecule has 0 spiro atoms. The topological polar surface area (TPSA) is 123 Å². The molecule has 3 N–H and O–H groups in total. The first-order valence-electron chi connectivity index (χ1n) is 11.9. The van der Waals surface area contributed by atoms with Crippen LogP contribution in [-0.4, -0.2) is 67.7 Å². The summed E-state index contributed by atoms with van der Waals surface area (Å²) in [4.78, 5) is 36.6. The van der Waals surface area contributed by atoms with Crippen molar-refractivity contribution in [1.29, 1.82) is 0 Å². The summed E-state index contributed by atoms with van der Waals surface area (Å²) in [6, 6.07) is 15.7. The number of hydrogen-bond acceptors (Lipinski definition) is 6. The molecule has 184 valence electrons. The highest BCUT2D eigenvalue weighted by atomic mass is 16.6. The molecule has 2 aromatic carbocycles. The molecule has 9 nitrogen and oxygen atoms in total. The average molecular weight is 481 g/mol. The van der Waals surface area contributed by atoms with Gasteiger partial charge in [-0.25, -0.2) is 9.59 Å². The van der Waals surface area contributed by atoms with E-state index in [0.29, 0.717) is 26.1 Å². The number of carbonyl (C=O) groups excluding carboxylic acids is 2. The summed E-state index contributed by atoms with van der Waals surface area (Å²) >= 11 is 0. The molecule has 3 aliphatic rings. The molecule has 2 aliphatic heterocycles. The molecule has 5 rings (SSSR count). The SMILES string of the molecule is O=C(N[C@@H]1CCO[C@@H]1C(=O)NCC1CCOC1C(=O)O)OCC1c2ccccc2-c2ccccc21. The Labute approximate surface area is 202 Å². The van der Waals surface area contributed by atoms with Crippen LogP contribution in [0.3, 0.4) is 0 Å². The van der Waals surface area contributed by atoms with Gasteiger partial charge in [-0.3, -0.25) is 4.79 Å². The maximum absolute atomic E-state index is 12.7. The van der Waals surface area contributed by atoms with Crippen LogP contribution in [0.15, 0.2) is 48.5 Å². The lowest BCUT2D eigenvalue weighted by atomic mass is 9.98. The van der Waals surface area contributed by atoms with E-state index in [1.807, 2.05) is 24.3 Å². The number of carbonyl (C=O) groups is 3. The molecule has 2 heterocycles. The fraction of sp³-hybridized carbons (Fsp3) is 0.423. The van der Waals surface area contributed by atoms with E-state index in [0.717, 1.165) is 22.3 Å². The van der Waals surface area contributed by atoms with Gasteiger partial charge < -0.3 is 30.0 Å². The van der Waals surface area contributed by atoms with Gasteiger partial charge in [-0.2, -0.15) is 0 Å². The van der Waals surface area contributed by atoms with E-state index < -0.39 is 30.3 Å². The van der Waals surface area contributed by atoms with Crippen LogP contribution >= 0.6 is 0 Å². The Balaban J connectivity index is 1.15. The van der Waals surface area contributed by atoms with Gasteiger partial charge in [0.15, 0.2) is 12.2 Å². The van der Waals surface area contributed by atoms with Crippen molar-refractivity contribution in [3.05, 3.63) is 59.7 Å². The number of amides is 2. The molecule has 1 aliphatic carbocycles. The zero-order valence-corrected chi connectivity index (χ0v) is 19.1. The minimum Gasteiger partial charge on any atom is -0.479 e. The lowest BCUT2D eigenvalue weighted by Crippen LogP contribution is -2.49. The molecular formula is C26H28N2O7. The van der Waals surface area contributed by atoms with Gasteiger partial charge in [0.1, 0.15) is 6.61 Å². The fourth-order valence-corrected chi connectivity index (χ4v) is 5.24. The van der Waals surface area contributed by atoms with Crippen LogP contribution in [-0.2, 0) is 23.8 Å². The minimum atomic E-state index is -1.03. The molecule has 4 atom stereocenters. The molecule has 2 unspecified atom stereocenters. The first-order valence-corrected chi connectivity index (χ1v) is 11.9. The number of benzene rings is 2. The maximum Gasteiger partial charge on any atom is 0.407 e. The Morgan fingerprint density at radius 2 is 1.54 bits per heavy atom. The summed E-state index contributed by atoms with van der Waals surface area (Å²) in [5.74, 6) is -1.77. The molecule has 0 radical (unpaired) electrons. The molecule has 0 bridgehead atoms. The lowest BCUT2D eigenvalue weighted by molar-refractivity contribution is -0.149. The number of ether oxygens (including phenoxy) is 3. The highest BCUT2D eigenvalue weighted by Gasteiger charge is 2.38. The third-order valence-corrected chi connectivity index (χ3v) is 6.99. The summed E-state index contributed by atoms with van der Waals surface area (Å²) in [6.45, 7) is 1.04. The second-order valence-corrected chi connectivity index (χ2v) is 9.08. The highest BCUT2D eigenvalue weighted by Crippen LogP contribution is 2.44. The molecule has 0 aromatic heterocycles. The summed E-state index contributed by atoms with van der Waals surface area (Å²) in [7, 11) is 0. The van der Waals surface area contributed by atoms with Gasteiger partial charge in [-0.05, 0) is 35.1 Å². The number of alkyl carbamates (subject to hydrolysis) is 1. The summed E-state index contributed by atoms with van der Waals surface area (Å²) in [6.07, 6.45) is -1.34. The van der Waals surface area contributed by atoms with E-state index in [1.54, 1.807) is 0 Å². The standard InChI is InChI=1S/C26H28N2O7/c29-24(27-13-15-9-11-33-22(15)25(30)31)23-21(10-12-34-23)28-26(32)35-14-20-18-7-3-1-5-16(18)17-6-2-4-8-19(17)20/h1-8,15,20-23H,9-14H2,(H,27,29)(H,28,32)(H,30,31)/t15?,21-,22?,23+/m1/s1. The largest absolute Gasteiger partial charge is 0.479 e. The third kappa shape index (κ3) is 4.74. The van der Waals surface area contributed by atoms with E-state index in [4.69, 9.17) is 14.2 Å². The van der Waals surface area contributed by atoms with Gasteiger partial charge in [0.2, 0.25) is 0 Å². The Bertz CT molecular complexity index is 1070. The van der Waals surface area contributed by atoms with Crippen LogP contribution in [0.5, 0.6) is 0 Å². The number of aliphatic carboxylic acids is 1. The molecular weight excluding hydrogens is 452 g/mol. The number of carboxylic acids is 1. The van der Waals surface area contributed by atoms with Crippen molar-refractivity contribution in [2.75, 3.05) is 26.4 Å². The predicted octanol–water partition coefficient (Wildman–Crippen LogP) is 2.29. The Kier molecular flexibility index (Phi) is 6.70. The smallest absolute Gasteiger partial charge is 0.407 e. The van der Waals surface area contributed by atoms with Gasteiger partial charge >= 0.3 is 12.1 Å². The van der Waals surface area contributed by atoms with Crippen molar-refractivity contribution in [1.82, 2.24) is 10.6 Å². The maximum atomic E-state index is 12.7. The Hall–Kier alpha value is -3.43. The average Bonchev–Trinajstić information content (AvgIpc) is 3.59. The molecule has 0 saturated carbocycles. The van der Waals surface area contributed by atoms with Gasteiger partial charge in [0.05, 0.1) is 6.04 Å². The predicted molar refractivity (Wildman–Crippen MR) is 125 cm³/mol. The lowest BCUT2D eigenvalue weighted by Gasteiger charge is -2.21. The Morgan fingerprint density at radius 3 is 2.23 bits per heavy atom. The first kappa shape index (κ1) is 23.3. The van der Waals surface area contributed by atoms with Crippen molar-refractivity contribution in [3.63, 3.8) is 0 Å². The van der Waals surface area contributed by atoms with E-state index in [1.165, 1.54) is 0 Å². The first-order chi connectivity index (χ1) is 17.0. The zero-order valence-electron chi connectivity index (χ0n) is 19.1. The summed E-state index contributed by atoms with van der Waals surface area (Å²) < 4.78 is 16.4. The number of carboxylic acid groups (broad SMARTS) is 1. The molecule has 35 heavy (non-hydrogen) atoms. The second-order valence-electron chi connectivity index (χ2n) is 9.08. The van der Waals surface area contributed by atoms with Crippen LogP contribution in [0.2, 0.25) is 0 Å². The molecule has 2 saturated heterocycles. The molecule has 2 fully saturated rings. The second kappa shape index (κ2) is 10.1. The zero-order chi connectivity index (χ0) is 24.4. The van der Waals surface area contributed by atoms with Crippen molar-refractivity contribution in [2.24, 2.45) is 5.92 Å². The van der Waals surface area contributed by atoms with Crippen molar-refractivity contribution >= 4 is 18.0 Å². The van der Waals surface area contributed by atoms with Crippen LogP contribution in [0.25, 0.3) is 11.1 Å². The van der Waals surface area contributed by atoms with E-state index in [2.05, 4.69) is 34.9 Å². The summed E-state index contributed by atoms with van der Waals surface area (Å²) in [5, 5.41) is 14.7. The number of rotatable bonds is 7. The van der Waals surface area contributed by atoms with Crippen LogP contribution in [0.1, 0.15) is 29.9 Å². The van der Waals surface area contributed by atoms with E-state index >= 15 is 0 Å². The van der Waals surface area contributed by atoms with Crippen LogP contribution in [0, 0.1) is 5.92 Å².